The first-order valence-corrected chi connectivity index (χ1v) is 11.8. The molecule has 0 atom stereocenters. The highest BCUT2D eigenvalue weighted by atomic mass is 35.6. The van der Waals surface area contributed by atoms with E-state index in [1.807, 2.05) is 25.1 Å². The van der Waals surface area contributed by atoms with Crippen LogP contribution in [0.3, 0.4) is 0 Å². The molecule has 4 aromatic rings. The van der Waals surface area contributed by atoms with Crippen molar-refractivity contribution in [3.63, 3.8) is 0 Å². The van der Waals surface area contributed by atoms with E-state index in [1.165, 1.54) is 15.2 Å². The third kappa shape index (κ3) is 4.66. The summed E-state index contributed by atoms with van der Waals surface area (Å²) in [5.41, 5.74) is 2.32. The van der Waals surface area contributed by atoms with Gasteiger partial charge in [0.05, 0.1) is 10.7 Å². The van der Waals surface area contributed by atoms with E-state index < -0.39 is 9.48 Å². The van der Waals surface area contributed by atoms with Gasteiger partial charge in [0, 0.05) is 29.4 Å². The highest BCUT2D eigenvalue weighted by Gasteiger charge is 2.31. The minimum Gasteiger partial charge on any atom is -0.334 e. The predicted molar refractivity (Wildman–Crippen MR) is 134 cm³/mol. The van der Waals surface area contributed by atoms with Gasteiger partial charge in [-0.05, 0) is 31.0 Å². The minimum absolute atomic E-state index is 0.152. The fraction of sp³-hybridized carbons (Fsp3) is 0.217. The molecular weight excluding hydrogens is 522 g/mol. The van der Waals surface area contributed by atoms with Crippen molar-refractivity contribution in [2.24, 2.45) is 0 Å². The van der Waals surface area contributed by atoms with Crippen molar-refractivity contribution < 1.29 is 4.52 Å². The molecule has 0 N–H and O–H groups in total. The van der Waals surface area contributed by atoms with Gasteiger partial charge in [0.1, 0.15) is 0 Å². The van der Waals surface area contributed by atoms with Gasteiger partial charge in [-0.25, -0.2) is 4.79 Å². The molecule has 0 radical (unpaired) electrons. The number of hydrogen-bond donors (Lipinski definition) is 0. The molecule has 2 heterocycles. The molecule has 0 aliphatic heterocycles. The van der Waals surface area contributed by atoms with E-state index in [2.05, 4.69) is 10.1 Å². The zero-order valence-electron chi connectivity index (χ0n) is 18.1. The maximum absolute atomic E-state index is 13.0. The zero-order valence-corrected chi connectivity index (χ0v) is 21.1. The molecule has 0 aliphatic rings. The molecule has 0 spiro atoms. The lowest BCUT2D eigenvalue weighted by Crippen LogP contribution is -2.39. The molecule has 2 aromatic heterocycles. The van der Waals surface area contributed by atoms with Crippen molar-refractivity contribution >= 4 is 46.4 Å². The van der Waals surface area contributed by atoms with Gasteiger partial charge in [-0.3, -0.25) is 13.9 Å². The molecule has 4 rings (SSSR count). The molecule has 0 saturated carbocycles. The van der Waals surface area contributed by atoms with Crippen LogP contribution < -0.4 is 11.2 Å². The monoisotopic (exact) mass is 538 g/mol. The van der Waals surface area contributed by atoms with Gasteiger partial charge < -0.3 is 4.52 Å². The summed E-state index contributed by atoms with van der Waals surface area (Å²) in [6.45, 7) is 3.94. The van der Waals surface area contributed by atoms with Crippen LogP contribution in [0.15, 0.2) is 62.6 Å². The second kappa shape index (κ2) is 9.58. The molecule has 0 amide bonds. The summed E-state index contributed by atoms with van der Waals surface area (Å²) < 4.78 is 5.92. The van der Waals surface area contributed by atoms with Crippen LogP contribution in [-0.4, -0.2) is 19.3 Å². The molecule has 11 heteroatoms. The minimum atomic E-state index is -1.85. The Labute approximate surface area is 214 Å². The molecule has 34 heavy (non-hydrogen) atoms. The Morgan fingerprint density at radius 3 is 2.32 bits per heavy atom. The molecule has 0 bridgehead atoms. The van der Waals surface area contributed by atoms with E-state index >= 15 is 0 Å². The summed E-state index contributed by atoms with van der Waals surface area (Å²) in [4.78, 5) is 29.5. The Balaban J connectivity index is 1.82. The Kier molecular flexibility index (Phi) is 6.92. The molecule has 2 aromatic carbocycles. The number of benzene rings is 2. The van der Waals surface area contributed by atoms with Crippen molar-refractivity contribution in [1.82, 2.24) is 19.3 Å². The molecular formula is C23H18Cl4N4O3. The molecule has 7 nitrogen and oxygen atoms in total. The van der Waals surface area contributed by atoms with Gasteiger partial charge >= 0.3 is 5.69 Å². The van der Waals surface area contributed by atoms with Crippen molar-refractivity contribution in [2.75, 3.05) is 0 Å². The topological polar surface area (TPSA) is 82.9 Å². The smallest absolute Gasteiger partial charge is 0.334 e. The zero-order chi connectivity index (χ0) is 24.6. The summed E-state index contributed by atoms with van der Waals surface area (Å²) >= 11 is 24.2. The highest BCUT2D eigenvalue weighted by molar-refractivity contribution is 6.66. The van der Waals surface area contributed by atoms with Gasteiger partial charge in [0.2, 0.25) is 5.82 Å². The summed E-state index contributed by atoms with van der Waals surface area (Å²) in [6, 6.07) is 13.9. The van der Waals surface area contributed by atoms with Crippen LogP contribution in [0.25, 0.3) is 28.2 Å². The van der Waals surface area contributed by atoms with E-state index in [-0.39, 0.29) is 17.3 Å². The third-order valence-electron chi connectivity index (χ3n) is 5.16. The van der Waals surface area contributed by atoms with Crippen molar-refractivity contribution in [3.8, 4) is 28.2 Å². The summed E-state index contributed by atoms with van der Waals surface area (Å²) in [5, 5.41) is 4.32. The quantitative estimate of drug-likeness (QED) is 0.294. The van der Waals surface area contributed by atoms with Gasteiger partial charge in [-0.2, -0.15) is 4.98 Å². The first-order valence-electron chi connectivity index (χ1n) is 10.3. The summed E-state index contributed by atoms with van der Waals surface area (Å²) in [7, 11) is 0. The number of rotatable bonds is 5. The maximum Gasteiger partial charge on any atom is 0.335 e. The van der Waals surface area contributed by atoms with Crippen molar-refractivity contribution in [1.29, 1.82) is 0 Å². The first-order chi connectivity index (χ1) is 16.1. The Bertz CT molecular complexity index is 1480. The van der Waals surface area contributed by atoms with Crippen molar-refractivity contribution in [2.45, 2.75) is 30.6 Å². The summed E-state index contributed by atoms with van der Waals surface area (Å²) in [6.07, 6.45) is 0.657. The number of aryl methyl sites for hydroxylation is 1. The van der Waals surface area contributed by atoms with Gasteiger partial charge in [0.15, 0.2) is 0 Å². The highest BCUT2D eigenvalue weighted by Crippen LogP contribution is 2.40. The number of hydrogen-bond acceptors (Lipinski definition) is 5. The van der Waals surface area contributed by atoms with Crippen LogP contribution in [0.5, 0.6) is 0 Å². The second-order valence-electron chi connectivity index (χ2n) is 7.52. The van der Waals surface area contributed by atoms with Crippen molar-refractivity contribution in [3.05, 3.63) is 86.0 Å². The molecule has 0 unspecified atom stereocenters. The number of nitrogens with zero attached hydrogens (tertiary/aromatic N) is 4. The van der Waals surface area contributed by atoms with Gasteiger partial charge in [0.25, 0.3) is 15.2 Å². The average Bonchev–Trinajstić information content (AvgIpc) is 3.28. The Morgan fingerprint density at radius 2 is 1.71 bits per heavy atom. The van der Waals surface area contributed by atoms with Crippen LogP contribution in [-0.2, 0) is 10.3 Å². The fourth-order valence-corrected chi connectivity index (χ4v) is 4.16. The number of aromatic nitrogens is 4. The lowest BCUT2D eigenvalue weighted by molar-refractivity contribution is 0.383. The molecule has 0 aliphatic carbocycles. The number of alkyl halides is 3. The predicted octanol–water partition coefficient (Wildman–Crippen LogP) is 5.91. The largest absolute Gasteiger partial charge is 0.335 e. The molecule has 0 fully saturated rings. The van der Waals surface area contributed by atoms with E-state index in [9.17, 15) is 9.59 Å². The maximum atomic E-state index is 13.0. The molecule has 0 saturated heterocycles. The SMILES string of the molecule is CCCn1c(=O)cc(C)n(-c2ccc(-c3ccccc3-c3noc(C(Cl)(Cl)Cl)n3)c(Cl)c2)c1=O. The van der Waals surface area contributed by atoms with Gasteiger partial charge in [-0.1, -0.05) is 88.8 Å². The van der Waals surface area contributed by atoms with Crippen LogP contribution >= 0.6 is 46.4 Å². The lowest BCUT2D eigenvalue weighted by Gasteiger charge is -2.15. The first kappa shape index (κ1) is 24.5. The van der Waals surface area contributed by atoms with E-state index in [4.69, 9.17) is 50.9 Å². The van der Waals surface area contributed by atoms with E-state index in [0.29, 0.717) is 40.5 Å². The van der Waals surface area contributed by atoms with Crippen LogP contribution in [0, 0.1) is 6.92 Å². The Hall–Kier alpha value is -2.58. The second-order valence-corrected chi connectivity index (χ2v) is 10.2. The summed E-state index contributed by atoms with van der Waals surface area (Å²) in [5.74, 6) is 0.0802. The fourth-order valence-electron chi connectivity index (χ4n) is 3.65. The standard InChI is InChI=1S/C23H18Cl4N4O3/c1-3-10-30-19(32)11-13(2)31(22(30)33)14-8-9-16(18(24)12-14)15-6-4-5-7-17(15)20-28-21(34-29-20)23(25,26)27/h4-9,11-12H,3,10H2,1-2H3. The molecule has 176 valence electrons. The van der Waals surface area contributed by atoms with Crippen LogP contribution in [0.2, 0.25) is 5.02 Å². The van der Waals surface area contributed by atoms with Crippen LogP contribution in [0.1, 0.15) is 24.9 Å². The van der Waals surface area contributed by atoms with E-state index in [0.717, 1.165) is 5.56 Å². The van der Waals surface area contributed by atoms with E-state index in [1.54, 1.807) is 31.2 Å². The normalized spacial score (nSPS) is 11.7. The average molecular weight is 540 g/mol. The van der Waals surface area contributed by atoms with Gasteiger partial charge in [-0.15, -0.1) is 0 Å². The van der Waals surface area contributed by atoms with Crippen LogP contribution in [0.4, 0.5) is 0 Å². The third-order valence-corrected chi connectivity index (χ3v) is 5.96. The lowest BCUT2D eigenvalue weighted by atomic mass is 9.99. The Morgan fingerprint density at radius 1 is 1.00 bits per heavy atom. The number of halogens is 4.